The van der Waals surface area contributed by atoms with Gasteiger partial charge in [0, 0.05) is 25.5 Å². The maximum atomic E-state index is 2.60. The molecular weight excluding hydrogens is 376 g/mol. The molecular formula is C29H58N2. The van der Waals surface area contributed by atoms with Gasteiger partial charge in [-0.25, -0.2) is 0 Å². The average molecular weight is 435 g/mol. The van der Waals surface area contributed by atoms with Gasteiger partial charge in [0.25, 0.3) is 0 Å². The standard InChI is InChI=1S/C29H58N2/c1-4-7-9-10-11-12-13-14-15-16-17-18-19-20-21-22-23-25-29-30(6-3)27-28-31(29)26-24-8-5-2/h27-29H,4-26H2,1-3H3. The third-order valence-corrected chi connectivity index (χ3v) is 7.17. The molecule has 0 saturated carbocycles. The van der Waals surface area contributed by atoms with Crippen molar-refractivity contribution in [2.24, 2.45) is 0 Å². The van der Waals surface area contributed by atoms with Gasteiger partial charge < -0.3 is 9.80 Å². The molecule has 0 aromatic heterocycles. The number of unbranched alkanes of at least 4 members (excludes halogenated alkanes) is 18. The fourth-order valence-corrected chi connectivity index (χ4v) is 5.03. The van der Waals surface area contributed by atoms with Crippen LogP contribution in [-0.2, 0) is 0 Å². The summed E-state index contributed by atoms with van der Waals surface area (Å²) in [5.74, 6) is 0. The zero-order valence-corrected chi connectivity index (χ0v) is 21.9. The third kappa shape index (κ3) is 14.9. The SMILES string of the molecule is CCCCCCCCCCCCCCCCCCCC1N(CC)C=CN1CCCCC. The van der Waals surface area contributed by atoms with E-state index in [9.17, 15) is 0 Å². The molecule has 0 spiro atoms. The van der Waals surface area contributed by atoms with Crippen molar-refractivity contribution in [2.45, 2.75) is 162 Å². The van der Waals surface area contributed by atoms with Gasteiger partial charge >= 0.3 is 0 Å². The zero-order chi connectivity index (χ0) is 22.4. The lowest BCUT2D eigenvalue weighted by Crippen LogP contribution is -2.38. The predicted molar refractivity (Wildman–Crippen MR) is 140 cm³/mol. The van der Waals surface area contributed by atoms with E-state index < -0.39 is 0 Å². The quantitative estimate of drug-likeness (QED) is 0.148. The van der Waals surface area contributed by atoms with Crippen molar-refractivity contribution in [1.82, 2.24) is 9.80 Å². The van der Waals surface area contributed by atoms with Crippen LogP contribution >= 0.6 is 0 Å². The molecule has 1 atom stereocenters. The normalized spacial score (nSPS) is 16.0. The average Bonchev–Trinajstić information content (AvgIpc) is 3.17. The van der Waals surface area contributed by atoms with Crippen molar-refractivity contribution in [3.8, 4) is 0 Å². The highest BCUT2D eigenvalue weighted by Gasteiger charge is 2.23. The van der Waals surface area contributed by atoms with Crippen molar-refractivity contribution in [2.75, 3.05) is 13.1 Å². The van der Waals surface area contributed by atoms with Crippen molar-refractivity contribution in [3.63, 3.8) is 0 Å². The molecule has 1 aliphatic heterocycles. The zero-order valence-electron chi connectivity index (χ0n) is 21.9. The largest absolute Gasteiger partial charge is 0.356 e. The second-order valence-electron chi connectivity index (χ2n) is 10.00. The molecule has 31 heavy (non-hydrogen) atoms. The van der Waals surface area contributed by atoms with Gasteiger partial charge in [0.1, 0.15) is 6.17 Å². The lowest BCUT2D eigenvalue weighted by molar-refractivity contribution is 0.142. The molecule has 1 heterocycles. The molecule has 0 fully saturated rings. The number of hydrogen-bond donors (Lipinski definition) is 0. The van der Waals surface area contributed by atoms with Crippen LogP contribution in [0.2, 0.25) is 0 Å². The summed E-state index contributed by atoms with van der Waals surface area (Å²) in [4.78, 5) is 5.14. The molecule has 0 amide bonds. The molecule has 2 nitrogen and oxygen atoms in total. The van der Waals surface area contributed by atoms with Gasteiger partial charge in [0.2, 0.25) is 0 Å². The smallest absolute Gasteiger partial charge is 0.101 e. The fraction of sp³-hybridized carbons (Fsp3) is 0.931. The summed E-state index contributed by atoms with van der Waals surface area (Å²) < 4.78 is 0. The first-order chi connectivity index (χ1) is 15.3. The summed E-state index contributed by atoms with van der Waals surface area (Å²) in [7, 11) is 0. The van der Waals surface area contributed by atoms with E-state index in [4.69, 9.17) is 0 Å². The van der Waals surface area contributed by atoms with Gasteiger partial charge in [0.15, 0.2) is 0 Å². The highest BCUT2D eigenvalue weighted by atomic mass is 15.4. The van der Waals surface area contributed by atoms with Crippen molar-refractivity contribution in [1.29, 1.82) is 0 Å². The van der Waals surface area contributed by atoms with E-state index in [2.05, 4.69) is 43.0 Å². The van der Waals surface area contributed by atoms with Crippen LogP contribution in [0.3, 0.4) is 0 Å². The highest BCUT2D eigenvalue weighted by molar-refractivity contribution is 4.96. The Balaban J connectivity index is 1.87. The van der Waals surface area contributed by atoms with E-state index in [-0.39, 0.29) is 0 Å². The topological polar surface area (TPSA) is 6.48 Å². The molecule has 184 valence electrons. The van der Waals surface area contributed by atoms with Gasteiger partial charge in [0.05, 0.1) is 0 Å². The molecule has 0 bridgehead atoms. The van der Waals surface area contributed by atoms with Crippen LogP contribution in [-0.4, -0.2) is 29.1 Å². The maximum Gasteiger partial charge on any atom is 0.101 e. The number of nitrogens with zero attached hydrogens (tertiary/aromatic N) is 2. The van der Waals surface area contributed by atoms with Crippen LogP contribution in [0.4, 0.5) is 0 Å². The summed E-state index contributed by atoms with van der Waals surface area (Å²) in [5, 5.41) is 0. The minimum atomic E-state index is 0.637. The Morgan fingerprint density at radius 2 is 0.839 bits per heavy atom. The van der Waals surface area contributed by atoms with E-state index >= 15 is 0 Å². The van der Waals surface area contributed by atoms with Gasteiger partial charge in [-0.05, 0) is 26.2 Å². The van der Waals surface area contributed by atoms with E-state index in [0.29, 0.717) is 6.17 Å². The van der Waals surface area contributed by atoms with Crippen LogP contribution in [0.15, 0.2) is 12.4 Å². The molecule has 0 saturated heterocycles. The van der Waals surface area contributed by atoms with Crippen LogP contribution in [0.25, 0.3) is 0 Å². The van der Waals surface area contributed by atoms with Crippen LogP contribution in [0.1, 0.15) is 156 Å². The van der Waals surface area contributed by atoms with Crippen molar-refractivity contribution >= 4 is 0 Å². The summed E-state index contributed by atoms with van der Waals surface area (Å²) in [6, 6.07) is 0. The lowest BCUT2D eigenvalue weighted by Gasteiger charge is -2.32. The lowest BCUT2D eigenvalue weighted by atomic mass is 10.0. The summed E-state index contributed by atoms with van der Waals surface area (Å²) in [6.07, 6.45) is 35.4. The minimum Gasteiger partial charge on any atom is -0.356 e. The van der Waals surface area contributed by atoms with E-state index in [1.807, 2.05) is 0 Å². The van der Waals surface area contributed by atoms with Gasteiger partial charge in [-0.1, -0.05) is 129 Å². The second-order valence-corrected chi connectivity index (χ2v) is 10.00. The molecule has 0 N–H and O–H groups in total. The van der Waals surface area contributed by atoms with E-state index in [1.165, 1.54) is 141 Å². The Morgan fingerprint density at radius 1 is 0.452 bits per heavy atom. The number of hydrogen-bond acceptors (Lipinski definition) is 2. The predicted octanol–water partition coefficient (Wildman–Crippen LogP) is 9.65. The minimum absolute atomic E-state index is 0.637. The summed E-state index contributed by atoms with van der Waals surface area (Å²) in [5.41, 5.74) is 0. The molecule has 0 aromatic carbocycles. The van der Waals surface area contributed by atoms with Crippen LogP contribution in [0, 0.1) is 0 Å². The third-order valence-electron chi connectivity index (χ3n) is 7.17. The molecule has 1 rings (SSSR count). The molecule has 0 aliphatic carbocycles. The second kappa shape index (κ2) is 21.2. The molecule has 2 heteroatoms. The Hall–Kier alpha value is -0.660. The summed E-state index contributed by atoms with van der Waals surface area (Å²) >= 11 is 0. The molecule has 0 radical (unpaired) electrons. The molecule has 1 aliphatic rings. The fourth-order valence-electron chi connectivity index (χ4n) is 5.03. The first-order valence-electron chi connectivity index (χ1n) is 14.5. The molecule has 1 unspecified atom stereocenters. The van der Waals surface area contributed by atoms with Gasteiger partial charge in [-0.2, -0.15) is 0 Å². The first-order valence-corrected chi connectivity index (χ1v) is 14.5. The Morgan fingerprint density at radius 3 is 1.29 bits per heavy atom. The van der Waals surface area contributed by atoms with Crippen LogP contribution < -0.4 is 0 Å². The van der Waals surface area contributed by atoms with E-state index in [1.54, 1.807) is 0 Å². The molecule has 0 aromatic rings. The van der Waals surface area contributed by atoms with Gasteiger partial charge in [-0.3, -0.25) is 0 Å². The van der Waals surface area contributed by atoms with E-state index in [0.717, 1.165) is 6.54 Å². The summed E-state index contributed by atoms with van der Waals surface area (Å²) in [6.45, 7) is 9.28. The van der Waals surface area contributed by atoms with Crippen LogP contribution in [0.5, 0.6) is 0 Å². The Kier molecular flexibility index (Phi) is 19.4. The monoisotopic (exact) mass is 434 g/mol. The maximum absolute atomic E-state index is 2.60. The first kappa shape index (κ1) is 28.4. The van der Waals surface area contributed by atoms with Crippen molar-refractivity contribution in [3.05, 3.63) is 12.4 Å². The van der Waals surface area contributed by atoms with Gasteiger partial charge in [-0.15, -0.1) is 0 Å². The Bertz CT molecular complexity index is 392. The number of rotatable bonds is 23. The highest BCUT2D eigenvalue weighted by Crippen LogP contribution is 2.22. The Labute approximate surface area is 197 Å². The van der Waals surface area contributed by atoms with Crippen molar-refractivity contribution < 1.29 is 0 Å².